The minimum atomic E-state index is -0.213. The van der Waals surface area contributed by atoms with Crippen molar-refractivity contribution in [2.75, 3.05) is 19.8 Å². The van der Waals surface area contributed by atoms with Gasteiger partial charge >= 0.3 is 0 Å². The summed E-state index contributed by atoms with van der Waals surface area (Å²) in [6.07, 6.45) is 5.58. The third-order valence-electron chi connectivity index (χ3n) is 3.44. The number of allylic oxidation sites excluding steroid dienone is 1. The highest BCUT2D eigenvalue weighted by atomic mass is 35.5. The Hall–Kier alpha value is -1.43. The van der Waals surface area contributed by atoms with Gasteiger partial charge in [-0.2, -0.15) is 0 Å². The standard InChI is InChI=1S/C16H21ClN2O3/c1-11(2)4-8-22-15-10-21-7-5-14(15)19-16(20)12-3-6-18-9-13(12)17/h3-4,6,9,14-15H,5,7-8,10H2,1-2H3,(H,19,20)/t14-,15-/m1/s1. The van der Waals surface area contributed by atoms with Crippen LogP contribution in [0.4, 0.5) is 0 Å². The number of amides is 1. The van der Waals surface area contributed by atoms with Crippen LogP contribution in [0.3, 0.4) is 0 Å². The van der Waals surface area contributed by atoms with E-state index in [1.807, 2.05) is 19.9 Å². The molecule has 22 heavy (non-hydrogen) atoms. The molecule has 1 N–H and O–H groups in total. The number of hydrogen-bond donors (Lipinski definition) is 1. The number of nitrogens with zero attached hydrogens (tertiary/aromatic N) is 1. The second-order valence-corrected chi connectivity index (χ2v) is 5.86. The van der Waals surface area contributed by atoms with Crippen molar-refractivity contribution in [3.63, 3.8) is 0 Å². The molecular weight excluding hydrogens is 304 g/mol. The number of carbonyl (C=O) groups excluding carboxylic acids is 1. The van der Waals surface area contributed by atoms with E-state index in [-0.39, 0.29) is 18.1 Å². The maximum Gasteiger partial charge on any atom is 0.253 e. The van der Waals surface area contributed by atoms with Gasteiger partial charge in [-0.25, -0.2) is 0 Å². The molecule has 1 aromatic heterocycles. The van der Waals surface area contributed by atoms with Crippen molar-refractivity contribution in [3.05, 3.63) is 40.7 Å². The lowest BCUT2D eigenvalue weighted by atomic mass is 10.1. The van der Waals surface area contributed by atoms with Gasteiger partial charge in [-0.15, -0.1) is 0 Å². The third-order valence-corrected chi connectivity index (χ3v) is 3.74. The predicted molar refractivity (Wildman–Crippen MR) is 85.1 cm³/mol. The number of aromatic nitrogens is 1. The normalized spacial score (nSPS) is 21.2. The fourth-order valence-electron chi connectivity index (χ4n) is 2.19. The van der Waals surface area contributed by atoms with Crippen LogP contribution in [0.15, 0.2) is 30.1 Å². The van der Waals surface area contributed by atoms with Gasteiger partial charge < -0.3 is 14.8 Å². The molecule has 1 aromatic rings. The fraction of sp³-hybridized carbons (Fsp3) is 0.500. The summed E-state index contributed by atoms with van der Waals surface area (Å²) in [5.74, 6) is -0.213. The predicted octanol–water partition coefficient (Wildman–Crippen LogP) is 2.61. The van der Waals surface area contributed by atoms with Crippen molar-refractivity contribution in [1.82, 2.24) is 10.3 Å². The molecule has 1 amide bonds. The Labute approximate surface area is 135 Å². The first-order valence-electron chi connectivity index (χ1n) is 7.31. The van der Waals surface area contributed by atoms with Crippen LogP contribution in [0.1, 0.15) is 30.6 Å². The fourth-order valence-corrected chi connectivity index (χ4v) is 2.39. The Bertz CT molecular complexity index is 544. The second-order valence-electron chi connectivity index (χ2n) is 5.45. The summed E-state index contributed by atoms with van der Waals surface area (Å²) in [5.41, 5.74) is 1.62. The van der Waals surface area contributed by atoms with E-state index in [0.717, 1.165) is 0 Å². The zero-order valence-corrected chi connectivity index (χ0v) is 13.6. The maximum absolute atomic E-state index is 12.3. The molecule has 6 heteroatoms. The monoisotopic (exact) mass is 324 g/mol. The smallest absolute Gasteiger partial charge is 0.253 e. The first-order valence-corrected chi connectivity index (χ1v) is 7.69. The van der Waals surface area contributed by atoms with Crippen molar-refractivity contribution in [1.29, 1.82) is 0 Å². The number of hydrogen-bond acceptors (Lipinski definition) is 4. The lowest BCUT2D eigenvalue weighted by molar-refractivity contribution is -0.0589. The van der Waals surface area contributed by atoms with Gasteiger partial charge in [0.2, 0.25) is 0 Å². The SMILES string of the molecule is CC(C)=CCO[C@@H]1COCC[C@H]1NC(=O)c1ccncc1Cl. The number of carbonyl (C=O) groups is 1. The van der Waals surface area contributed by atoms with Gasteiger partial charge in [0.05, 0.1) is 29.8 Å². The molecule has 0 radical (unpaired) electrons. The molecule has 0 saturated carbocycles. The van der Waals surface area contributed by atoms with Crippen LogP contribution in [0.2, 0.25) is 5.02 Å². The zero-order valence-electron chi connectivity index (χ0n) is 12.8. The van der Waals surface area contributed by atoms with Gasteiger partial charge in [-0.1, -0.05) is 23.3 Å². The van der Waals surface area contributed by atoms with Crippen LogP contribution in [0.5, 0.6) is 0 Å². The summed E-state index contributed by atoms with van der Waals surface area (Å²) in [7, 11) is 0. The summed E-state index contributed by atoms with van der Waals surface area (Å²) in [6, 6.07) is 1.52. The molecule has 0 aliphatic carbocycles. The lowest BCUT2D eigenvalue weighted by Crippen LogP contribution is -2.50. The average Bonchev–Trinajstić information content (AvgIpc) is 2.49. The van der Waals surface area contributed by atoms with Crippen molar-refractivity contribution in [2.24, 2.45) is 0 Å². The van der Waals surface area contributed by atoms with Crippen LogP contribution >= 0.6 is 11.6 Å². The quantitative estimate of drug-likeness (QED) is 0.846. The van der Waals surface area contributed by atoms with E-state index in [1.165, 1.54) is 11.8 Å². The molecule has 1 fully saturated rings. The summed E-state index contributed by atoms with van der Waals surface area (Å²) < 4.78 is 11.3. The summed E-state index contributed by atoms with van der Waals surface area (Å²) in [6.45, 7) is 5.64. The van der Waals surface area contributed by atoms with Crippen LogP contribution in [0.25, 0.3) is 0 Å². The number of nitrogens with one attached hydrogen (secondary N) is 1. The molecule has 0 bridgehead atoms. The minimum Gasteiger partial charge on any atom is -0.379 e. The van der Waals surface area contributed by atoms with Crippen molar-refractivity contribution >= 4 is 17.5 Å². The van der Waals surface area contributed by atoms with E-state index in [1.54, 1.807) is 12.3 Å². The molecule has 1 aliphatic heterocycles. The van der Waals surface area contributed by atoms with Crippen molar-refractivity contribution in [2.45, 2.75) is 32.4 Å². The maximum atomic E-state index is 12.3. The van der Waals surface area contributed by atoms with Crippen molar-refractivity contribution < 1.29 is 14.3 Å². The summed E-state index contributed by atoms with van der Waals surface area (Å²) in [4.78, 5) is 16.2. The molecule has 120 valence electrons. The van der Waals surface area contributed by atoms with Gasteiger partial charge in [0, 0.05) is 19.0 Å². The molecule has 0 spiro atoms. The van der Waals surface area contributed by atoms with Gasteiger partial charge in [0.25, 0.3) is 5.91 Å². The molecule has 1 aliphatic rings. The number of ether oxygens (including phenoxy) is 2. The van der Waals surface area contributed by atoms with E-state index >= 15 is 0 Å². The first-order chi connectivity index (χ1) is 10.6. The van der Waals surface area contributed by atoms with Crippen LogP contribution < -0.4 is 5.32 Å². The molecule has 5 nitrogen and oxygen atoms in total. The molecule has 0 unspecified atom stereocenters. The Balaban J connectivity index is 1.97. The minimum absolute atomic E-state index is 0.0870. The first kappa shape index (κ1) is 16.9. The number of halogens is 1. The topological polar surface area (TPSA) is 60.5 Å². The Morgan fingerprint density at radius 3 is 3.14 bits per heavy atom. The van der Waals surface area contributed by atoms with Crippen molar-refractivity contribution in [3.8, 4) is 0 Å². The summed E-state index contributed by atoms with van der Waals surface area (Å²) in [5, 5.41) is 3.33. The highest BCUT2D eigenvalue weighted by Gasteiger charge is 2.28. The van der Waals surface area contributed by atoms with Crippen LogP contribution in [-0.4, -0.2) is 42.9 Å². The zero-order chi connectivity index (χ0) is 15.9. The average molecular weight is 325 g/mol. The Morgan fingerprint density at radius 2 is 2.41 bits per heavy atom. The van der Waals surface area contributed by atoms with Crippen LogP contribution in [-0.2, 0) is 9.47 Å². The third kappa shape index (κ3) is 4.80. The molecular formula is C16H21ClN2O3. The second kappa shape index (κ2) is 8.27. The van der Waals surface area contributed by atoms with Crippen LogP contribution in [0, 0.1) is 0 Å². The van der Waals surface area contributed by atoms with Gasteiger partial charge in [-0.3, -0.25) is 9.78 Å². The van der Waals surface area contributed by atoms with E-state index in [4.69, 9.17) is 21.1 Å². The Morgan fingerprint density at radius 1 is 1.59 bits per heavy atom. The summed E-state index contributed by atoms with van der Waals surface area (Å²) >= 11 is 6.00. The van der Waals surface area contributed by atoms with E-state index in [9.17, 15) is 4.79 Å². The lowest BCUT2D eigenvalue weighted by Gasteiger charge is -2.32. The van der Waals surface area contributed by atoms with E-state index < -0.39 is 0 Å². The van der Waals surface area contributed by atoms with E-state index in [0.29, 0.717) is 36.8 Å². The molecule has 0 aromatic carbocycles. The molecule has 2 heterocycles. The molecule has 2 rings (SSSR count). The van der Waals surface area contributed by atoms with Gasteiger partial charge in [0.1, 0.15) is 6.10 Å². The van der Waals surface area contributed by atoms with E-state index in [2.05, 4.69) is 10.3 Å². The number of rotatable bonds is 5. The molecule has 2 atom stereocenters. The largest absolute Gasteiger partial charge is 0.379 e. The molecule has 1 saturated heterocycles. The number of pyridine rings is 1. The Kier molecular flexibility index (Phi) is 6.36. The highest BCUT2D eigenvalue weighted by Crippen LogP contribution is 2.16. The van der Waals surface area contributed by atoms with Gasteiger partial charge in [-0.05, 0) is 26.3 Å². The highest BCUT2D eigenvalue weighted by molar-refractivity contribution is 6.33. The van der Waals surface area contributed by atoms with Gasteiger partial charge in [0.15, 0.2) is 0 Å².